The van der Waals surface area contributed by atoms with Crippen LogP contribution in [0.4, 0.5) is 10.5 Å². The molecule has 0 unspecified atom stereocenters. The zero-order chi connectivity index (χ0) is 14.7. The highest BCUT2D eigenvalue weighted by Crippen LogP contribution is 2.18. The number of carbonyl (C=O) groups is 1. The fourth-order valence-corrected chi connectivity index (χ4v) is 2.83. The molecule has 2 rings (SSSR count). The number of carbonyl (C=O) groups excluding carboxylic acids is 1. The van der Waals surface area contributed by atoms with Gasteiger partial charge in [-0.15, -0.1) is 11.3 Å². The quantitative estimate of drug-likeness (QED) is 0.905. The first-order valence-electron chi connectivity index (χ1n) is 6.51. The molecule has 0 spiro atoms. The van der Waals surface area contributed by atoms with Crippen LogP contribution in [0.25, 0.3) is 0 Å². The molecule has 2 aromatic rings. The van der Waals surface area contributed by atoms with E-state index in [-0.39, 0.29) is 6.03 Å². The van der Waals surface area contributed by atoms with E-state index in [0.717, 1.165) is 32.4 Å². The third-order valence-electron chi connectivity index (χ3n) is 3.26. The van der Waals surface area contributed by atoms with Crippen molar-refractivity contribution < 1.29 is 4.79 Å². The van der Waals surface area contributed by atoms with Crippen LogP contribution < -0.4 is 10.6 Å². The second kappa shape index (κ2) is 6.05. The highest BCUT2D eigenvalue weighted by molar-refractivity contribution is 7.11. The Kier molecular flexibility index (Phi) is 4.39. The van der Waals surface area contributed by atoms with Crippen molar-refractivity contribution in [3.63, 3.8) is 0 Å². The lowest BCUT2D eigenvalue weighted by atomic mass is 10.1. The van der Waals surface area contributed by atoms with Gasteiger partial charge in [-0.3, -0.25) is 0 Å². The molecule has 0 bridgehead atoms. The van der Waals surface area contributed by atoms with E-state index in [1.165, 1.54) is 0 Å². The predicted molar refractivity (Wildman–Crippen MR) is 83.4 cm³/mol. The summed E-state index contributed by atoms with van der Waals surface area (Å²) in [6.07, 6.45) is 0. The molecule has 0 saturated carbocycles. The molecular weight excluding hydrogens is 270 g/mol. The molecule has 2 amide bonds. The number of hydrogen-bond acceptors (Lipinski definition) is 3. The van der Waals surface area contributed by atoms with Gasteiger partial charge < -0.3 is 10.6 Å². The number of rotatable bonds is 3. The summed E-state index contributed by atoms with van der Waals surface area (Å²) in [5, 5.41) is 6.77. The van der Waals surface area contributed by atoms with Gasteiger partial charge in [-0.25, -0.2) is 9.78 Å². The Labute approximate surface area is 123 Å². The van der Waals surface area contributed by atoms with Crippen molar-refractivity contribution in [2.45, 2.75) is 34.2 Å². The highest BCUT2D eigenvalue weighted by atomic mass is 32.1. The number of aromatic nitrogens is 1. The molecule has 0 fully saturated rings. The standard InChI is InChI=1S/C15H19N3OS/c1-9-6-5-7-13(10(9)2)18-15(19)16-8-14-11(3)17-12(4)20-14/h5-7H,8H2,1-4H3,(H2,16,18,19). The van der Waals surface area contributed by atoms with E-state index in [0.29, 0.717) is 6.54 Å². The number of hydrogen-bond donors (Lipinski definition) is 2. The summed E-state index contributed by atoms with van der Waals surface area (Å²) in [5.41, 5.74) is 4.09. The van der Waals surface area contributed by atoms with Crippen LogP contribution in [0, 0.1) is 27.7 Å². The molecule has 0 aliphatic carbocycles. The minimum absolute atomic E-state index is 0.191. The minimum atomic E-state index is -0.191. The zero-order valence-electron chi connectivity index (χ0n) is 12.2. The number of nitrogens with one attached hydrogen (secondary N) is 2. The molecular formula is C15H19N3OS. The molecule has 2 N–H and O–H groups in total. The molecule has 20 heavy (non-hydrogen) atoms. The minimum Gasteiger partial charge on any atom is -0.333 e. The summed E-state index contributed by atoms with van der Waals surface area (Å²) in [6, 6.07) is 5.68. The predicted octanol–water partition coefficient (Wildman–Crippen LogP) is 3.70. The molecule has 0 aliphatic rings. The Morgan fingerprint density at radius 3 is 2.65 bits per heavy atom. The highest BCUT2D eigenvalue weighted by Gasteiger charge is 2.08. The van der Waals surface area contributed by atoms with Crippen molar-refractivity contribution in [2.24, 2.45) is 0 Å². The molecule has 0 aliphatic heterocycles. The molecule has 4 nitrogen and oxygen atoms in total. The van der Waals surface area contributed by atoms with Crippen molar-refractivity contribution in [1.82, 2.24) is 10.3 Å². The van der Waals surface area contributed by atoms with Gasteiger partial charge in [0.1, 0.15) is 0 Å². The summed E-state index contributed by atoms with van der Waals surface area (Å²) < 4.78 is 0. The number of benzene rings is 1. The summed E-state index contributed by atoms with van der Waals surface area (Å²) in [4.78, 5) is 17.4. The number of anilines is 1. The summed E-state index contributed by atoms with van der Waals surface area (Å²) in [7, 11) is 0. The van der Waals surface area contributed by atoms with Crippen LogP contribution >= 0.6 is 11.3 Å². The van der Waals surface area contributed by atoms with Crippen LogP contribution in [0.15, 0.2) is 18.2 Å². The first-order valence-corrected chi connectivity index (χ1v) is 7.33. The van der Waals surface area contributed by atoms with Crippen LogP contribution in [-0.2, 0) is 6.54 Å². The first-order chi connectivity index (χ1) is 9.47. The second-order valence-electron chi connectivity index (χ2n) is 4.80. The molecule has 1 aromatic carbocycles. The van der Waals surface area contributed by atoms with E-state index < -0.39 is 0 Å². The van der Waals surface area contributed by atoms with Gasteiger partial charge in [0, 0.05) is 10.6 Å². The monoisotopic (exact) mass is 289 g/mol. The summed E-state index contributed by atoms with van der Waals surface area (Å²) in [5.74, 6) is 0. The maximum Gasteiger partial charge on any atom is 0.319 e. The van der Waals surface area contributed by atoms with Gasteiger partial charge in [0.15, 0.2) is 0 Å². The maximum atomic E-state index is 11.9. The Morgan fingerprint density at radius 1 is 1.25 bits per heavy atom. The molecule has 0 radical (unpaired) electrons. The average Bonchev–Trinajstić information content (AvgIpc) is 2.71. The van der Waals surface area contributed by atoms with Crippen molar-refractivity contribution in [2.75, 3.05) is 5.32 Å². The largest absolute Gasteiger partial charge is 0.333 e. The van der Waals surface area contributed by atoms with E-state index >= 15 is 0 Å². The van der Waals surface area contributed by atoms with Gasteiger partial charge in [-0.2, -0.15) is 0 Å². The molecule has 1 heterocycles. The average molecular weight is 289 g/mol. The lowest BCUT2D eigenvalue weighted by molar-refractivity contribution is 0.252. The third kappa shape index (κ3) is 3.36. The van der Waals surface area contributed by atoms with Crippen LogP contribution in [0.3, 0.4) is 0 Å². The number of urea groups is 1. The summed E-state index contributed by atoms with van der Waals surface area (Å²) in [6.45, 7) is 8.47. The lowest BCUT2D eigenvalue weighted by Gasteiger charge is -2.11. The molecule has 0 saturated heterocycles. The lowest BCUT2D eigenvalue weighted by Crippen LogP contribution is -2.28. The van der Waals surface area contributed by atoms with Crippen LogP contribution in [0.5, 0.6) is 0 Å². The van der Waals surface area contributed by atoms with Crippen LogP contribution in [0.1, 0.15) is 26.7 Å². The van der Waals surface area contributed by atoms with E-state index in [9.17, 15) is 4.79 Å². The van der Waals surface area contributed by atoms with E-state index in [4.69, 9.17) is 0 Å². The number of aryl methyl sites for hydroxylation is 3. The smallest absolute Gasteiger partial charge is 0.319 e. The molecule has 1 aromatic heterocycles. The number of nitrogens with zero attached hydrogens (tertiary/aromatic N) is 1. The summed E-state index contributed by atoms with van der Waals surface area (Å²) >= 11 is 1.61. The van der Waals surface area contributed by atoms with Crippen molar-refractivity contribution in [3.05, 3.63) is 44.9 Å². The fraction of sp³-hybridized carbons (Fsp3) is 0.333. The van der Waals surface area contributed by atoms with Crippen molar-refractivity contribution in [1.29, 1.82) is 0 Å². The third-order valence-corrected chi connectivity index (χ3v) is 4.33. The van der Waals surface area contributed by atoms with Crippen molar-refractivity contribution >= 4 is 23.1 Å². The van der Waals surface area contributed by atoms with E-state index in [1.54, 1.807) is 11.3 Å². The van der Waals surface area contributed by atoms with Crippen molar-refractivity contribution in [3.8, 4) is 0 Å². The van der Waals surface area contributed by atoms with Crippen LogP contribution in [-0.4, -0.2) is 11.0 Å². The van der Waals surface area contributed by atoms with Crippen LogP contribution in [0.2, 0.25) is 0 Å². The van der Waals surface area contributed by atoms with E-state index in [1.807, 2.05) is 45.9 Å². The Morgan fingerprint density at radius 2 is 2.00 bits per heavy atom. The molecule has 0 atom stereocenters. The van der Waals surface area contributed by atoms with Gasteiger partial charge >= 0.3 is 6.03 Å². The maximum absolute atomic E-state index is 11.9. The number of amides is 2. The first kappa shape index (κ1) is 14.5. The number of thiazole rings is 1. The SMILES string of the molecule is Cc1nc(C)c(CNC(=O)Nc2cccc(C)c2C)s1. The Bertz CT molecular complexity index is 634. The normalized spacial score (nSPS) is 10.4. The topological polar surface area (TPSA) is 54.0 Å². The van der Waals surface area contributed by atoms with Gasteiger partial charge in [0.25, 0.3) is 0 Å². The fourth-order valence-electron chi connectivity index (χ4n) is 1.95. The zero-order valence-corrected chi connectivity index (χ0v) is 13.0. The van der Waals surface area contributed by atoms with Gasteiger partial charge in [0.05, 0.1) is 17.2 Å². The Balaban J connectivity index is 1.96. The second-order valence-corrected chi connectivity index (χ2v) is 6.08. The Hall–Kier alpha value is -1.88. The molecule has 5 heteroatoms. The molecule has 106 valence electrons. The van der Waals surface area contributed by atoms with E-state index in [2.05, 4.69) is 15.6 Å². The van der Waals surface area contributed by atoms with Gasteiger partial charge in [-0.1, -0.05) is 12.1 Å². The van der Waals surface area contributed by atoms with Gasteiger partial charge in [0.2, 0.25) is 0 Å². The van der Waals surface area contributed by atoms with Gasteiger partial charge in [-0.05, 0) is 44.9 Å².